The average Bonchev–Trinajstić information content (AvgIpc) is 2.18. The van der Waals surface area contributed by atoms with E-state index >= 15 is 0 Å². The first kappa shape index (κ1) is 9.07. The third kappa shape index (κ3) is 1.97. The molecule has 1 rings (SSSR count). The van der Waals surface area contributed by atoms with Crippen LogP contribution in [0, 0.1) is 11.5 Å². The zero-order valence-electron chi connectivity index (χ0n) is 7.07. The summed E-state index contributed by atoms with van der Waals surface area (Å²) in [6, 6.07) is 6.70. The van der Waals surface area contributed by atoms with Crippen molar-refractivity contribution in [1.29, 1.82) is 5.26 Å². The molecule has 0 atom stereocenters. The maximum absolute atomic E-state index is 11.2. The number of nitriles is 1. The van der Waals surface area contributed by atoms with Gasteiger partial charge in [0.2, 0.25) is 0 Å². The number of nitrogens with one attached hydrogen (secondary N) is 1. The summed E-state index contributed by atoms with van der Waals surface area (Å²) >= 11 is 0. The van der Waals surface area contributed by atoms with Crippen LogP contribution in [0.15, 0.2) is 24.3 Å². The van der Waals surface area contributed by atoms with E-state index in [9.17, 15) is 4.79 Å². The topological polar surface area (TPSA) is 62.1 Å². The molecule has 0 aliphatic heterocycles. The molecule has 0 unspecified atom stereocenters. The van der Waals surface area contributed by atoms with Gasteiger partial charge in [-0.1, -0.05) is 12.1 Å². The average molecular weight is 176 g/mol. The van der Waals surface area contributed by atoms with E-state index in [1.165, 1.54) is 7.11 Å². The number of para-hydroxylation sites is 1. The van der Waals surface area contributed by atoms with Gasteiger partial charge in [0.1, 0.15) is 5.75 Å². The first-order valence-electron chi connectivity index (χ1n) is 3.62. The van der Waals surface area contributed by atoms with Gasteiger partial charge in [-0.3, -0.25) is 10.1 Å². The molecule has 4 nitrogen and oxygen atoms in total. The molecule has 0 spiro atoms. The van der Waals surface area contributed by atoms with Crippen LogP contribution in [0.5, 0.6) is 5.75 Å². The predicted molar refractivity (Wildman–Crippen MR) is 46.1 cm³/mol. The highest BCUT2D eigenvalue weighted by molar-refractivity contribution is 5.97. The summed E-state index contributed by atoms with van der Waals surface area (Å²) in [6.45, 7) is 0. The van der Waals surface area contributed by atoms with E-state index in [1.807, 2.05) is 5.32 Å². The second kappa shape index (κ2) is 4.12. The Labute approximate surface area is 75.7 Å². The van der Waals surface area contributed by atoms with Crippen molar-refractivity contribution in [2.24, 2.45) is 0 Å². The fourth-order valence-electron chi connectivity index (χ4n) is 0.950. The molecule has 1 aromatic carbocycles. The van der Waals surface area contributed by atoms with Crippen molar-refractivity contribution in [1.82, 2.24) is 5.32 Å². The summed E-state index contributed by atoms with van der Waals surface area (Å²) in [5, 5.41) is 10.3. The highest BCUT2D eigenvalue weighted by Gasteiger charge is 2.09. The van der Waals surface area contributed by atoms with E-state index in [1.54, 1.807) is 30.5 Å². The van der Waals surface area contributed by atoms with Crippen LogP contribution in [0.25, 0.3) is 0 Å². The third-order valence-corrected chi connectivity index (χ3v) is 1.52. The number of hydrogen-bond acceptors (Lipinski definition) is 3. The van der Waals surface area contributed by atoms with Gasteiger partial charge < -0.3 is 4.74 Å². The molecule has 1 amide bonds. The number of hydrogen-bond donors (Lipinski definition) is 1. The monoisotopic (exact) mass is 176 g/mol. The van der Waals surface area contributed by atoms with Gasteiger partial charge in [0, 0.05) is 0 Å². The van der Waals surface area contributed by atoms with Crippen LogP contribution in [0.4, 0.5) is 0 Å². The Bertz CT molecular complexity index is 355. The van der Waals surface area contributed by atoms with Crippen molar-refractivity contribution in [2.45, 2.75) is 0 Å². The number of rotatable bonds is 2. The lowest BCUT2D eigenvalue weighted by Gasteiger charge is -2.04. The lowest BCUT2D eigenvalue weighted by Crippen LogP contribution is -2.17. The Morgan fingerprint density at radius 1 is 1.54 bits per heavy atom. The van der Waals surface area contributed by atoms with Crippen molar-refractivity contribution in [3.05, 3.63) is 29.8 Å². The molecule has 1 aromatic rings. The van der Waals surface area contributed by atoms with Gasteiger partial charge >= 0.3 is 0 Å². The number of carbonyl (C=O) groups is 1. The van der Waals surface area contributed by atoms with Gasteiger partial charge in [-0.05, 0) is 12.1 Å². The van der Waals surface area contributed by atoms with E-state index in [-0.39, 0.29) is 0 Å². The van der Waals surface area contributed by atoms with Gasteiger partial charge in [-0.2, -0.15) is 5.26 Å². The van der Waals surface area contributed by atoms with E-state index in [4.69, 9.17) is 10.00 Å². The Morgan fingerprint density at radius 2 is 2.23 bits per heavy atom. The SMILES string of the molecule is COc1ccccc1C(=O)NC#N. The molecule has 1 N–H and O–H groups in total. The van der Waals surface area contributed by atoms with Crippen molar-refractivity contribution >= 4 is 5.91 Å². The molecular weight excluding hydrogens is 168 g/mol. The van der Waals surface area contributed by atoms with Crippen molar-refractivity contribution in [3.63, 3.8) is 0 Å². The van der Waals surface area contributed by atoms with Crippen LogP contribution in [0.1, 0.15) is 10.4 Å². The second-order valence-electron chi connectivity index (χ2n) is 2.27. The molecule has 13 heavy (non-hydrogen) atoms. The first-order chi connectivity index (χ1) is 6.29. The van der Waals surface area contributed by atoms with Crippen molar-refractivity contribution < 1.29 is 9.53 Å². The fourth-order valence-corrected chi connectivity index (χ4v) is 0.950. The number of amides is 1. The maximum atomic E-state index is 11.2. The molecule has 0 aliphatic rings. The molecule has 4 heteroatoms. The van der Waals surface area contributed by atoms with Gasteiger partial charge in [-0.25, -0.2) is 0 Å². The standard InChI is InChI=1S/C9H8N2O2/c1-13-8-5-3-2-4-7(8)9(12)11-6-10/h2-5H,1H3,(H,11,12). The van der Waals surface area contributed by atoms with E-state index in [0.29, 0.717) is 11.3 Å². The molecule has 0 bridgehead atoms. The van der Waals surface area contributed by atoms with Crippen LogP contribution < -0.4 is 10.1 Å². The molecule has 0 saturated heterocycles. The Hall–Kier alpha value is -2.02. The largest absolute Gasteiger partial charge is 0.496 e. The lowest BCUT2D eigenvalue weighted by atomic mass is 10.2. The van der Waals surface area contributed by atoms with E-state index in [2.05, 4.69) is 0 Å². The third-order valence-electron chi connectivity index (χ3n) is 1.52. The number of nitrogens with zero attached hydrogens (tertiary/aromatic N) is 1. The van der Waals surface area contributed by atoms with Gasteiger partial charge in [0.25, 0.3) is 5.91 Å². The number of methoxy groups -OCH3 is 1. The number of carbonyl (C=O) groups excluding carboxylic acids is 1. The van der Waals surface area contributed by atoms with Gasteiger partial charge in [0.05, 0.1) is 12.7 Å². The van der Waals surface area contributed by atoms with Crippen LogP contribution >= 0.6 is 0 Å². The molecule has 0 radical (unpaired) electrons. The van der Waals surface area contributed by atoms with Crippen LogP contribution in [-0.4, -0.2) is 13.0 Å². The van der Waals surface area contributed by atoms with Gasteiger partial charge in [0.15, 0.2) is 6.19 Å². The molecule has 0 aliphatic carbocycles. The minimum atomic E-state index is -0.458. The summed E-state index contributed by atoms with van der Waals surface area (Å²) in [4.78, 5) is 11.2. The van der Waals surface area contributed by atoms with Gasteiger partial charge in [-0.15, -0.1) is 0 Å². The summed E-state index contributed by atoms with van der Waals surface area (Å²) in [7, 11) is 1.47. The van der Waals surface area contributed by atoms with Crippen LogP contribution in [0.2, 0.25) is 0 Å². The summed E-state index contributed by atoms with van der Waals surface area (Å²) in [6.07, 6.45) is 1.56. The molecule has 0 saturated carbocycles. The fraction of sp³-hybridized carbons (Fsp3) is 0.111. The Balaban J connectivity index is 3.00. The molecule has 66 valence electrons. The smallest absolute Gasteiger partial charge is 0.268 e. The molecule has 0 heterocycles. The minimum Gasteiger partial charge on any atom is -0.496 e. The van der Waals surface area contributed by atoms with Crippen molar-refractivity contribution in [2.75, 3.05) is 7.11 Å². The summed E-state index contributed by atoms with van der Waals surface area (Å²) in [5.74, 6) is -0.00444. The van der Waals surface area contributed by atoms with Crippen LogP contribution in [0.3, 0.4) is 0 Å². The predicted octanol–water partition coefficient (Wildman–Crippen LogP) is 0.906. The Kier molecular flexibility index (Phi) is 2.87. The summed E-state index contributed by atoms with van der Waals surface area (Å²) in [5.41, 5.74) is 0.353. The summed E-state index contributed by atoms with van der Waals surface area (Å²) < 4.78 is 4.94. The minimum absolute atomic E-state index is 0.353. The molecule has 0 fully saturated rings. The number of benzene rings is 1. The van der Waals surface area contributed by atoms with Crippen molar-refractivity contribution in [3.8, 4) is 11.9 Å². The second-order valence-corrected chi connectivity index (χ2v) is 2.27. The lowest BCUT2D eigenvalue weighted by molar-refractivity contribution is 0.0970. The molecule has 0 aromatic heterocycles. The highest BCUT2D eigenvalue weighted by atomic mass is 16.5. The zero-order valence-corrected chi connectivity index (χ0v) is 7.07. The van der Waals surface area contributed by atoms with Crippen LogP contribution in [-0.2, 0) is 0 Å². The van der Waals surface area contributed by atoms with E-state index in [0.717, 1.165) is 0 Å². The Morgan fingerprint density at radius 3 is 2.85 bits per heavy atom. The quantitative estimate of drug-likeness (QED) is 0.538. The normalized spacial score (nSPS) is 8.62. The number of ether oxygens (including phenoxy) is 1. The zero-order chi connectivity index (χ0) is 9.68. The highest BCUT2D eigenvalue weighted by Crippen LogP contribution is 2.16. The maximum Gasteiger partial charge on any atom is 0.268 e. The van der Waals surface area contributed by atoms with E-state index < -0.39 is 5.91 Å². The first-order valence-corrected chi connectivity index (χ1v) is 3.62. The molecular formula is C9H8N2O2.